The number of fused-ring (bicyclic) bond motifs is 2. The molecule has 0 radical (unpaired) electrons. The minimum absolute atomic E-state index is 0.838. The van der Waals surface area contributed by atoms with Crippen LogP contribution in [0.25, 0.3) is 17.7 Å². The van der Waals surface area contributed by atoms with Crippen molar-refractivity contribution in [1.29, 1.82) is 0 Å². The van der Waals surface area contributed by atoms with E-state index < -0.39 is 15.5 Å². The summed E-state index contributed by atoms with van der Waals surface area (Å²) >= 11 is 0. The summed E-state index contributed by atoms with van der Waals surface area (Å²) < 4.78 is 0. The van der Waals surface area contributed by atoms with Crippen molar-refractivity contribution in [1.82, 2.24) is 0 Å². The molecule has 0 unspecified atom stereocenters. The largest absolute Gasteiger partial charge is 0.178 e. The molecular weight excluding hydrogens is 590 g/mol. The van der Waals surface area contributed by atoms with Crippen molar-refractivity contribution in [2.75, 3.05) is 0 Å². The first-order chi connectivity index (χ1) is 22.9. The van der Waals surface area contributed by atoms with E-state index in [-0.39, 0.29) is 0 Å². The predicted octanol–water partition coefficient (Wildman–Crippen LogP) is 6.87. The topological polar surface area (TPSA) is 0 Å². The third-order valence-electron chi connectivity index (χ3n) is 8.75. The molecule has 0 heterocycles. The van der Waals surface area contributed by atoms with E-state index in [1.54, 1.807) is 0 Å². The zero-order chi connectivity index (χ0) is 30.7. The number of hydrogen-bond donors (Lipinski definition) is 0. The second-order valence-electron chi connectivity index (χ2n) is 11.5. The lowest BCUT2D eigenvalue weighted by Crippen LogP contribution is -2.46. The molecule has 8 rings (SSSR count). The first kappa shape index (κ1) is 28.6. The van der Waals surface area contributed by atoms with E-state index in [0.29, 0.717) is 0 Å². The molecule has 6 aromatic carbocycles. The maximum Gasteiger partial charge on any atom is 0.178 e. The van der Waals surface area contributed by atoms with Crippen LogP contribution in [0.3, 0.4) is 0 Å². The van der Waals surface area contributed by atoms with Crippen LogP contribution in [0.5, 0.6) is 0 Å². The predicted molar refractivity (Wildman–Crippen MR) is 204 cm³/mol. The average molecular weight is 624 g/mol. The van der Waals surface area contributed by atoms with Gasteiger partial charge in [-0.15, -0.1) is 0 Å². The molecule has 46 heavy (non-hydrogen) atoms. The second-order valence-corrected chi connectivity index (χ2v) is 15.9. The third kappa shape index (κ3) is 5.35. The van der Waals surface area contributed by atoms with Crippen molar-refractivity contribution in [3.8, 4) is 0 Å². The van der Waals surface area contributed by atoms with Crippen molar-refractivity contribution in [2.24, 2.45) is 0 Å². The van der Waals surface area contributed by atoms with Crippen molar-refractivity contribution in [3.63, 3.8) is 0 Å². The van der Waals surface area contributed by atoms with Gasteiger partial charge < -0.3 is 0 Å². The highest BCUT2D eigenvalue weighted by molar-refractivity contribution is 7.79. The van der Waals surface area contributed by atoms with Gasteiger partial charge in [0.15, 0.2) is 23.4 Å². The lowest BCUT2D eigenvalue weighted by Gasteiger charge is -2.24. The molecule has 0 saturated carbocycles. The molecule has 0 bridgehead atoms. The number of rotatable bonds is 5. The fourth-order valence-corrected chi connectivity index (χ4v) is 11.6. The SMILES string of the molecule is C1=CCc2ccc(P(c3ccccc3)c3ccccc3)/c(=C3\C(=[P+](c4ccccc4)c4ccccc4)C=Cc4ccccc43)c2=C1. The lowest BCUT2D eigenvalue weighted by molar-refractivity contribution is 1.21. The van der Waals surface area contributed by atoms with Gasteiger partial charge in [0, 0.05) is 10.8 Å². The maximum absolute atomic E-state index is 2.45. The van der Waals surface area contributed by atoms with E-state index in [0.717, 1.165) is 6.42 Å². The highest BCUT2D eigenvalue weighted by atomic mass is 31.1. The van der Waals surface area contributed by atoms with E-state index in [2.05, 4.69) is 188 Å². The van der Waals surface area contributed by atoms with Crippen molar-refractivity contribution in [2.45, 2.75) is 6.42 Å². The second kappa shape index (κ2) is 12.9. The van der Waals surface area contributed by atoms with Crippen molar-refractivity contribution in [3.05, 3.63) is 203 Å². The van der Waals surface area contributed by atoms with Crippen LogP contribution in [0.2, 0.25) is 0 Å². The Morgan fingerprint density at radius 3 is 1.72 bits per heavy atom. The number of hydrogen-bond acceptors (Lipinski definition) is 0. The first-order valence-corrected chi connectivity index (χ1v) is 18.5. The minimum Gasteiger partial charge on any atom is -0.0801 e. The summed E-state index contributed by atoms with van der Waals surface area (Å²) in [4.78, 5) is 0. The van der Waals surface area contributed by atoms with Gasteiger partial charge in [-0.2, -0.15) is 0 Å². The molecular formula is C44H33P2+. The van der Waals surface area contributed by atoms with Gasteiger partial charge in [0.25, 0.3) is 0 Å². The summed E-state index contributed by atoms with van der Waals surface area (Å²) in [5.74, 6) is 0. The van der Waals surface area contributed by atoms with Crippen LogP contribution in [-0.4, -0.2) is 5.29 Å². The normalized spacial score (nSPS) is 14.4. The summed E-state index contributed by atoms with van der Waals surface area (Å²) in [7, 11) is -1.68. The highest BCUT2D eigenvalue weighted by Crippen LogP contribution is 2.37. The molecule has 0 N–H and O–H groups in total. The van der Waals surface area contributed by atoms with Gasteiger partial charge in [-0.25, -0.2) is 0 Å². The van der Waals surface area contributed by atoms with Crippen LogP contribution in [0.4, 0.5) is 0 Å². The minimum atomic E-state index is -0.842. The Kier molecular flexibility index (Phi) is 8.00. The zero-order valence-corrected chi connectivity index (χ0v) is 27.3. The van der Waals surface area contributed by atoms with Crippen LogP contribution >= 0.6 is 15.5 Å². The summed E-state index contributed by atoms with van der Waals surface area (Å²) in [5.41, 5.74) is 5.35. The number of benzene rings is 6. The van der Waals surface area contributed by atoms with Crippen LogP contribution in [0, 0.1) is 0 Å². The van der Waals surface area contributed by atoms with Crippen LogP contribution in [0.15, 0.2) is 176 Å². The Morgan fingerprint density at radius 1 is 0.522 bits per heavy atom. The molecule has 218 valence electrons. The summed E-state index contributed by atoms with van der Waals surface area (Å²) in [5, 5.41) is 11.0. The molecule has 0 spiro atoms. The molecule has 0 saturated heterocycles. The smallest absolute Gasteiger partial charge is 0.0801 e. The Bertz CT molecular complexity index is 2170. The van der Waals surface area contributed by atoms with Crippen LogP contribution < -0.4 is 37.0 Å². The fourth-order valence-electron chi connectivity index (χ4n) is 6.70. The highest BCUT2D eigenvalue weighted by Gasteiger charge is 2.32. The molecule has 2 aliphatic carbocycles. The van der Waals surface area contributed by atoms with Crippen molar-refractivity contribution >= 4 is 65.0 Å². The third-order valence-corrected chi connectivity index (χ3v) is 13.7. The van der Waals surface area contributed by atoms with E-state index in [1.807, 2.05) is 0 Å². The van der Waals surface area contributed by atoms with Gasteiger partial charge in [-0.1, -0.05) is 152 Å². The Hall–Kier alpha value is -4.86. The Labute approximate surface area is 273 Å². The van der Waals surface area contributed by atoms with Crippen molar-refractivity contribution < 1.29 is 0 Å². The maximum atomic E-state index is 2.45. The molecule has 0 fully saturated rings. The van der Waals surface area contributed by atoms with E-state index in [9.17, 15) is 0 Å². The Morgan fingerprint density at radius 2 is 1.09 bits per heavy atom. The summed E-state index contributed by atoms with van der Waals surface area (Å²) in [6, 6.07) is 58.4. The molecule has 0 amide bonds. The van der Waals surface area contributed by atoms with E-state index >= 15 is 0 Å². The number of allylic oxidation sites excluding steroid dienone is 3. The molecule has 0 aliphatic heterocycles. The molecule has 2 heteroatoms. The zero-order valence-electron chi connectivity index (χ0n) is 25.5. The molecule has 2 aliphatic rings. The standard InChI is InChI=1S/C44H33P2/c1-5-19-35(20-6-1)45(36-21-7-2-8-22-36)41-31-29-33-17-13-15-27-39(33)43(41)44-40-28-16-14-18-34(40)30-32-42(44)46(37-23-9-3-10-24-37)38-25-11-4-12-26-38/h1-17,19-32H,18H2/q+1/b44-43-. The van der Waals surface area contributed by atoms with Gasteiger partial charge in [-0.3, -0.25) is 0 Å². The summed E-state index contributed by atoms with van der Waals surface area (Å²) in [6.07, 6.45) is 12.6. The molecule has 0 aromatic heterocycles. The average Bonchev–Trinajstić information content (AvgIpc) is 3.14. The van der Waals surface area contributed by atoms with Gasteiger partial charge >= 0.3 is 0 Å². The summed E-state index contributed by atoms with van der Waals surface area (Å²) in [6.45, 7) is 0. The first-order valence-electron chi connectivity index (χ1n) is 15.9. The van der Waals surface area contributed by atoms with Gasteiger partial charge in [0.05, 0.1) is 0 Å². The lowest BCUT2D eigenvalue weighted by atomic mass is 9.88. The van der Waals surface area contributed by atoms with Gasteiger partial charge in [0.2, 0.25) is 0 Å². The fraction of sp³-hybridized carbons (Fsp3) is 0.0227. The van der Waals surface area contributed by atoms with Gasteiger partial charge in [0.1, 0.15) is 0 Å². The monoisotopic (exact) mass is 623 g/mol. The molecule has 0 atom stereocenters. The van der Waals surface area contributed by atoms with E-state index in [4.69, 9.17) is 0 Å². The van der Waals surface area contributed by atoms with E-state index in [1.165, 1.54) is 64.5 Å². The molecule has 0 nitrogen and oxygen atoms in total. The van der Waals surface area contributed by atoms with Gasteiger partial charge in [-0.05, 0) is 88.6 Å². The van der Waals surface area contributed by atoms with Crippen LogP contribution in [0.1, 0.15) is 16.7 Å². The molecule has 6 aromatic rings. The Balaban J connectivity index is 1.60. The van der Waals surface area contributed by atoms with Crippen LogP contribution in [-0.2, 0) is 6.42 Å². The quantitative estimate of drug-likeness (QED) is 0.184.